The summed E-state index contributed by atoms with van der Waals surface area (Å²) in [5.41, 5.74) is -0.0134. The molecule has 0 rings (SSSR count). The summed E-state index contributed by atoms with van der Waals surface area (Å²) < 4.78 is 10.0. The first kappa shape index (κ1) is 13.5. The van der Waals surface area contributed by atoms with Crippen LogP contribution < -0.4 is 0 Å². The Labute approximate surface area is 90.5 Å². The Balaban J connectivity index is 4.87. The summed E-state index contributed by atoms with van der Waals surface area (Å²) in [7, 11) is 0. The Bertz CT molecular complexity index is 268. The zero-order valence-electron chi connectivity index (χ0n) is 9.50. The second kappa shape index (κ2) is 7.86. The number of rotatable bonds is 6. The van der Waals surface area contributed by atoms with Crippen LogP contribution in [0.2, 0.25) is 0 Å². The summed E-state index contributed by atoms with van der Waals surface area (Å²) >= 11 is 0. The monoisotopic (exact) mass is 211 g/mol. The predicted molar refractivity (Wildman–Crippen MR) is 55.8 cm³/mol. The molecule has 15 heavy (non-hydrogen) atoms. The van der Waals surface area contributed by atoms with Gasteiger partial charge in [-0.2, -0.15) is 5.26 Å². The number of carbonyl (C=O) groups excluding carboxylic acids is 1. The number of carbonyl (C=O) groups is 1. The second-order valence-corrected chi connectivity index (χ2v) is 2.81. The Morgan fingerprint density at radius 2 is 1.80 bits per heavy atom. The minimum atomic E-state index is -0.600. The third kappa shape index (κ3) is 4.50. The van der Waals surface area contributed by atoms with Crippen molar-refractivity contribution in [3.8, 4) is 6.07 Å². The zero-order chi connectivity index (χ0) is 11.7. The highest BCUT2D eigenvalue weighted by Gasteiger charge is 2.16. The van der Waals surface area contributed by atoms with Crippen LogP contribution in [0.25, 0.3) is 0 Å². The van der Waals surface area contributed by atoms with Crippen LogP contribution >= 0.6 is 0 Å². The lowest BCUT2D eigenvalue weighted by Crippen LogP contribution is -2.10. The van der Waals surface area contributed by atoms with Crippen molar-refractivity contribution in [2.45, 2.75) is 33.6 Å². The van der Waals surface area contributed by atoms with Gasteiger partial charge in [0.2, 0.25) is 0 Å². The first-order valence-corrected chi connectivity index (χ1v) is 5.14. The van der Waals surface area contributed by atoms with Crippen molar-refractivity contribution in [1.29, 1.82) is 5.26 Å². The molecule has 0 heterocycles. The minimum Gasteiger partial charge on any atom is -0.497 e. The summed E-state index contributed by atoms with van der Waals surface area (Å²) in [5.74, 6) is -0.169. The van der Waals surface area contributed by atoms with E-state index in [9.17, 15) is 4.79 Å². The summed E-state index contributed by atoms with van der Waals surface area (Å²) in [6, 6.07) is 1.84. The van der Waals surface area contributed by atoms with Gasteiger partial charge in [0.15, 0.2) is 5.57 Å². The van der Waals surface area contributed by atoms with E-state index in [4.69, 9.17) is 14.7 Å². The number of esters is 1. The van der Waals surface area contributed by atoms with Gasteiger partial charge >= 0.3 is 5.97 Å². The molecule has 0 radical (unpaired) electrons. The van der Waals surface area contributed by atoms with Gasteiger partial charge in [0.25, 0.3) is 0 Å². The number of nitriles is 1. The zero-order valence-corrected chi connectivity index (χ0v) is 9.50. The van der Waals surface area contributed by atoms with Crippen LogP contribution in [0.1, 0.15) is 33.6 Å². The smallest absolute Gasteiger partial charge is 0.352 e. The van der Waals surface area contributed by atoms with Gasteiger partial charge in [-0.25, -0.2) is 4.79 Å². The van der Waals surface area contributed by atoms with Gasteiger partial charge in [-0.05, 0) is 20.3 Å². The highest BCUT2D eigenvalue weighted by Crippen LogP contribution is 2.14. The van der Waals surface area contributed by atoms with E-state index in [0.29, 0.717) is 18.8 Å². The fraction of sp³-hybridized carbons (Fsp3) is 0.636. The molecular formula is C11H17NO3. The fourth-order valence-electron chi connectivity index (χ4n) is 1.10. The maximum Gasteiger partial charge on any atom is 0.352 e. The molecule has 0 aliphatic rings. The van der Waals surface area contributed by atoms with E-state index in [1.807, 2.05) is 19.9 Å². The molecule has 0 atom stereocenters. The van der Waals surface area contributed by atoms with Crippen molar-refractivity contribution >= 4 is 5.97 Å². The van der Waals surface area contributed by atoms with E-state index >= 15 is 0 Å². The van der Waals surface area contributed by atoms with E-state index in [-0.39, 0.29) is 12.2 Å². The van der Waals surface area contributed by atoms with Gasteiger partial charge in [-0.15, -0.1) is 0 Å². The molecule has 0 aliphatic heterocycles. The minimum absolute atomic E-state index is 0.0134. The number of ether oxygens (including phenoxy) is 2. The van der Waals surface area contributed by atoms with Crippen molar-refractivity contribution in [3.05, 3.63) is 11.3 Å². The second-order valence-electron chi connectivity index (χ2n) is 2.81. The van der Waals surface area contributed by atoms with Crippen LogP contribution in [0, 0.1) is 11.3 Å². The number of nitrogens with zero attached hydrogens (tertiary/aromatic N) is 1. The topological polar surface area (TPSA) is 59.3 Å². The van der Waals surface area contributed by atoms with Crippen molar-refractivity contribution < 1.29 is 14.3 Å². The third-order valence-electron chi connectivity index (χ3n) is 1.67. The predicted octanol–water partition coefficient (Wildman–Crippen LogP) is 2.16. The largest absolute Gasteiger partial charge is 0.497 e. The average Bonchev–Trinajstić information content (AvgIpc) is 2.20. The Hall–Kier alpha value is -1.50. The number of allylic oxidation sites excluding steroid dienone is 1. The fourth-order valence-corrected chi connectivity index (χ4v) is 1.10. The molecule has 0 amide bonds. The first-order valence-electron chi connectivity index (χ1n) is 5.14. The summed E-state index contributed by atoms with van der Waals surface area (Å²) in [4.78, 5) is 11.4. The standard InChI is InChI=1S/C11H17NO3/c1-4-7-10(14-5-2)9(8-12)11(13)15-6-3/h4-7H2,1-3H3. The third-order valence-corrected chi connectivity index (χ3v) is 1.67. The summed E-state index contributed by atoms with van der Waals surface area (Å²) in [6.45, 7) is 6.18. The van der Waals surface area contributed by atoms with Crippen molar-refractivity contribution in [1.82, 2.24) is 0 Å². The summed E-state index contributed by atoms with van der Waals surface area (Å²) in [5, 5.41) is 8.86. The molecule has 0 aromatic carbocycles. The van der Waals surface area contributed by atoms with Crippen molar-refractivity contribution in [2.24, 2.45) is 0 Å². The highest BCUT2D eigenvalue weighted by atomic mass is 16.5. The molecule has 0 unspecified atom stereocenters. The van der Waals surface area contributed by atoms with Crippen LogP contribution in [0.4, 0.5) is 0 Å². The first-order chi connectivity index (χ1) is 7.21. The molecule has 84 valence electrons. The van der Waals surface area contributed by atoms with Crippen LogP contribution in [0.15, 0.2) is 11.3 Å². The van der Waals surface area contributed by atoms with Crippen LogP contribution in [-0.2, 0) is 14.3 Å². The lowest BCUT2D eigenvalue weighted by Gasteiger charge is -2.09. The Morgan fingerprint density at radius 1 is 1.20 bits per heavy atom. The maximum atomic E-state index is 11.4. The van der Waals surface area contributed by atoms with Gasteiger partial charge in [-0.3, -0.25) is 0 Å². The molecule has 0 spiro atoms. The van der Waals surface area contributed by atoms with Gasteiger partial charge < -0.3 is 9.47 Å². The molecule has 4 heteroatoms. The molecule has 0 aromatic rings. The molecule has 0 fully saturated rings. The molecule has 0 aromatic heterocycles. The Kier molecular flexibility index (Phi) is 7.08. The van der Waals surface area contributed by atoms with Crippen LogP contribution in [0.5, 0.6) is 0 Å². The van der Waals surface area contributed by atoms with E-state index < -0.39 is 5.97 Å². The van der Waals surface area contributed by atoms with Gasteiger partial charge in [0.05, 0.1) is 13.2 Å². The molecular weight excluding hydrogens is 194 g/mol. The van der Waals surface area contributed by atoms with Gasteiger partial charge in [0, 0.05) is 6.42 Å². The molecule has 0 bridgehead atoms. The van der Waals surface area contributed by atoms with Crippen molar-refractivity contribution in [3.63, 3.8) is 0 Å². The quantitative estimate of drug-likeness (QED) is 0.292. The molecule has 4 nitrogen and oxygen atoms in total. The highest BCUT2D eigenvalue weighted by molar-refractivity contribution is 5.93. The molecule has 0 saturated heterocycles. The van der Waals surface area contributed by atoms with E-state index in [2.05, 4.69) is 0 Å². The van der Waals surface area contributed by atoms with E-state index in [1.54, 1.807) is 6.92 Å². The SMILES string of the molecule is CCCC(OCC)=C(C#N)C(=O)OCC. The maximum absolute atomic E-state index is 11.4. The average molecular weight is 211 g/mol. The Morgan fingerprint density at radius 3 is 2.20 bits per heavy atom. The van der Waals surface area contributed by atoms with Crippen molar-refractivity contribution in [2.75, 3.05) is 13.2 Å². The number of hydrogen-bond donors (Lipinski definition) is 0. The number of hydrogen-bond acceptors (Lipinski definition) is 4. The van der Waals surface area contributed by atoms with Gasteiger partial charge in [0.1, 0.15) is 11.8 Å². The normalized spacial score (nSPS) is 11.3. The molecule has 0 N–H and O–H groups in total. The van der Waals surface area contributed by atoms with Crippen LogP contribution in [-0.4, -0.2) is 19.2 Å². The van der Waals surface area contributed by atoms with E-state index in [0.717, 1.165) is 6.42 Å². The van der Waals surface area contributed by atoms with E-state index in [1.165, 1.54) is 0 Å². The molecule has 0 aliphatic carbocycles. The lowest BCUT2D eigenvalue weighted by molar-refractivity contribution is -0.138. The van der Waals surface area contributed by atoms with Gasteiger partial charge in [-0.1, -0.05) is 6.92 Å². The summed E-state index contributed by atoms with van der Waals surface area (Å²) in [6.07, 6.45) is 1.40. The molecule has 0 saturated carbocycles. The van der Waals surface area contributed by atoms with Crippen LogP contribution in [0.3, 0.4) is 0 Å². The lowest BCUT2D eigenvalue weighted by atomic mass is 10.2.